The highest BCUT2D eigenvalue weighted by Crippen LogP contribution is 2.20. The summed E-state index contributed by atoms with van der Waals surface area (Å²) in [6, 6.07) is 0.740. The van der Waals surface area contributed by atoms with E-state index in [9.17, 15) is 13.2 Å². The van der Waals surface area contributed by atoms with Gasteiger partial charge in [0.1, 0.15) is 0 Å². The smallest absolute Gasteiger partial charge is 0.291 e. The van der Waals surface area contributed by atoms with Crippen LogP contribution in [-0.4, -0.2) is 36.6 Å². The van der Waals surface area contributed by atoms with Gasteiger partial charge in [0.25, 0.3) is 0 Å². The maximum Gasteiger partial charge on any atom is 0.522 e. The van der Waals surface area contributed by atoms with Crippen LogP contribution >= 0.6 is 0 Å². The predicted octanol–water partition coefficient (Wildman–Crippen LogP) is 2.29. The molecular formula is C10H19F3N2O. The Morgan fingerprint density at radius 2 is 1.81 bits per heavy atom. The Balaban J connectivity index is 2.20. The number of hydrogen-bond acceptors (Lipinski definition) is 3. The van der Waals surface area contributed by atoms with E-state index in [4.69, 9.17) is 0 Å². The van der Waals surface area contributed by atoms with Crippen molar-refractivity contribution in [3.8, 4) is 0 Å². The van der Waals surface area contributed by atoms with Gasteiger partial charge in [-0.2, -0.15) is 0 Å². The molecule has 16 heavy (non-hydrogen) atoms. The first kappa shape index (κ1) is 13.7. The first-order valence-electron chi connectivity index (χ1n) is 5.62. The van der Waals surface area contributed by atoms with Crippen molar-refractivity contribution in [3.05, 3.63) is 0 Å². The molecule has 0 radical (unpaired) electrons. The van der Waals surface area contributed by atoms with Crippen LogP contribution in [0.25, 0.3) is 0 Å². The topological polar surface area (TPSA) is 24.5 Å². The normalized spacial score (nSPS) is 28.3. The van der Waals surface area contributed by atoms with Crippen molar-refractivity contribution in [3.63, 3.8) is 0 Å². The monoisotopic (exact) mass is 240 g/mol. The summed E-state index contributed by atoms with van der Waals surface area (Å²) in [5, 5.41) is 2.03. The number of hydrogen-bond donors (Lipinski definition) is 1. The first-order valence-corrected chi connectivity index (χ1v) is 5.62. The molecule has 1 heterocycles. The van der Waals surface area contributed by atoms with Crippen LogP contribution in [0, 0.1) is 0 Å². The van der Waals surface area contributed by atoms with E-state index in [2.05, 4.69) is 24.0 Å². The minimum Gasteiger partial charge on any atom is -0.291 e. The summed E-state index contributed by atoms with van der Waals surface area (Å²) in [6.07, 6.45) is -1.19. The number of piperidine rings is 1. The van der Waals surface area contributed by atoms with Crippen molar-refractivity contribution < 1.29 is 17.9 Å². The minimum absolute atomic E-state index is 0.189. The molecule has 0 saturated carbocycles. The van der Waals surface area contributed by atoms with Crippen LogP contribution in [0.5, 0.6) is 0 Å². The van der Waals surface area contributed by atoms with E-state index in [0.29, 0.717) is 12.1 Å². The van der Waals surface area contributed by atoms with Crippen molar-refractivity contribution in [1.82, 2.24) is 10.4 Å². The molecule has 1 saturated heterocycles. The second kappa shape index (κ2) is 5.84. The van der Waals surface area contributed by atoms with Crippen LogP contribution in [0.3, 0.4) is 0 Å². The van der Waals surface area contributed by atoms with Gasteiger partial charge in [-0.1, -0.05) is 6.42 Å². The van der Waals surface area contributed by atoms with E-state index in [1.807, 2.05) is 5.01 Å². The average molecular weight is 240 g/mol. The molecule has 3 nitrogen and oxygen atoms in total. The lowest BCUT2D eigenvalue weighted by atomic mass is 10.00. The van der Waals surface area contributed by atoms with Gasteiger partial charge in [-0.05, 0) is 26.7 Å². The molecule has 0 spiro atoms. The van der Waals surface area contributed by atoms with Crippen LogP contribution in [0.4, 0.5) is 13.2 Å². The van der Waals surface area contributed by atoms with Gasteiger partial charge in [0.05, 0.1) is 6.61 Å². The van der Waals surface area contributed by atoms with E-state index >= 15 is 0 Å². The molecular weight excluding hydrogens is 221 g/mol. The molecule has 0 aromatic carbocycles. The average Bonchev–Trinajstić information content (AvgIpc) is 2.14. The fraction of sp³-hybridized carbons (Fsp3) is 1.00. The molecule has 2 unspecified atom stereocenters. The van der Waals surface area contributed by atoms with E-state index in [1.165, 1.54) is 6.42 Å². The number of nitrogens with one attached hydrogen (secondary N) is 1. The number of nitrogens with zero attached hydrogens (tertiary/aromatic N) is 1. The Morgan fingerprint density at radius 3 is 2.31 bits per heavy atom. The quantitative estimate of drug-likeness (QED) is 0.763. The Labute approximate surface area is 93.9 Å². The second-order valence-electron chi connectivity index (χ2n) is 4.24. The third-order valence-electron chi connectivity index (χ3n) is 2.86. The van der Waals surface area contributed by atoms with Gasteiger partial charge in [0.2, 0.25) is 0 Å². The number of ether oxygens (including phenoxy) is 1. The summed E-state index contributed by atoms with van der Waals surface area (Å²) < 4.78 is 38.8. The molecule has 0 aliphatic carbocycles. The van der Waals surface area contributed by atoms with Gasteiger partial charge >= 0.3 is 6.36 Å². The van der Waals surface area contributed by atoms with Crippen molar-refractivity contribution in [2.45, 2.75) is 51.6 Å². The summed E-state index contributed by atoms with van der Waals surface area (Å²) >= 11 is 0. The Bertz CT molecular complexity index is 201. The summed E-state index contributed by atoms with van der Waals surface area (Å²) in [7, 11) is 0. The highest BCUT2D eigenvalue weighted by Gasteiger charge is 2.29. The number of hydrazine groups is 1. The lowest BCUT2D eigenvalue weighted by Crippen LogP contribution is -2.52. The molecule has 0 amide bonds. The molecule has 1 fully saturated rings. The summed E-state index contributed by atoms with van der Waals surface area (Å²) in [6.45, 7) is 3.99. The fourth-order valence-electron chi connectivity index (χ4n) is 2.07. The van der Waals surface area contributed by atoms with E-state index in [1.54, 1.807) is 0 Å². The number of rotatable bonds is 4. The van der Waals surface area contributed by atoms with Crippen LogP contribution in [-0.2, 0) is 4.74 Å². The summed E-state index contributed by atoms with van der Waals surface area (Å²) in [5.74, 6) is 0. The zero-order valence-electron chi connectivity index (χ0n) is 9.68. The van der Waals surface area contributed by atoms with Crippen molar-refractivity contribution in [1.29, 1.82) is 0 Å². The summed E-state index contributed by atoms with van der Waals surface area (Å²) in [5.41, 5.74) is 3.00. The van der Waals surface area contributed by atoms with Gasteiger partial charge in [0, 0.05) is 18.6 Å². The number of alkyl halides is 3. The lowest BCUT2D eigenvalue weighted by molar-refractivity contribution is -0.324. The van der Waals surface area contributed by atoms with E-state index < -0.39 is 6.36 Å². The van der Waals surface area contributed by atoms with E-state index in [-0.39, 0.29) is 13.2 Å². The van der Waals surface area contributed by atoms with Gasteiger partial charge in [0.15, 0.2) is 0 Å². The van der Waals surface area contributed by atoms with Gasteiger partial charge in [-0.3, -0.25) is 10.2 Å². The Kier molecular flexibility index (Phi) is 5.01. The predicted molar refractivity (Wildman–Crippen MR) is 54.6 cm³/mol. The van der Waals surface area contributed by atoms with Crippen molar-refractivity contribution >= 4 is 0 Å². The zero-order chi connectivity index (χ0) is 12.2. The first-order chi connectivity index (χ1) is 7.40. The molecule has 1 aliphatic rings. The maximum absolute atomic E-state index is 11.7. The SMILES string of the molecule is CC1CCCC(C)N1NCCOC(F)(F)F. The number of halogens is 3. The minimum atomic E-state index is -4.53. The van der Waals surface area contributed by atoms with Crippen LogP contribution in [0.1, 0.15) is 33.1 Å². The zero-order valence-corrected chi connectivity index (χ0v) is 9.68. The molecule has 1 N–H and O–H groups in total. The largest absolute Gasteiger partial charge is 0.522 e. The molecule has 2 atom stereocenters. The highest BCUT2D eigenvalue weighted by molar-refractivity contribution is 4.76. The molecule has 1 aliphatic heterocycles. The third-order valence-corrected chi connectivity index (χ3v) is 2.86. The highest BCUT2D eigenvalue weighted by atomic mass is 19.4. The lowest BCUT2D eigenvalue weighted by Gasteiger charge is -2.39. The van der Waals surface area contributed by atoms with Gasteiger partial charge < -0.3 is 0 Å². The summed E-state index contributed by atoms with van der Waals surface area (Å²) in [4.78, 5) is 0. The molecule has 0 aromatic heterocycles. The third kappa shape index (κ3) is 4.67. The molecule has 0 bridgehead atoms. The second-order valence-corrected chi connectivity index (χ2v) is 4.24. The van der Waals surface area contributed by atoms with Crippen LogP contribution < -0.4 is 5.43 Å². The molecule has 96 valence electrons. The molecule has 0 aromatic rings. The molecule has 1 rings (SSSR count). The van der Waals surface area contributed by atoms with Gasteiger partial charge in [-0.25, -0.2) is 5.01 Å². The maximum atomic E-state index is 11.7. The van der Waals surface area contributed by atoms with Gasteiger partial charge in [-0.15, -0.1) is 13.2 Å². The molecule has 6 heteroatoms. The Morgan fingerprint density at radius 1 is 1.25 bits per heavy atom. The van der Waals surface area contributed by atoms with Crippen molar-refractivity contribution in [2.24, 2.45) is 0 Å². The van der Waals surface area contributed by atoms with Crippen LogP contribution in [0.15, 0.2) is 0 Å². The van der Waals surface area contributed by atoms with Crippen molar-refractivity contribution in [2.75, 3.05) is 13.2 Å². The fourth-order valence-corrected chi connectivity index (χ4v) is 2.07. The standard InChI is InChI=1S/C10H19F3N2O/c1-8-4-3-5-9(2)15(8)14-6-7-16-10(11,12)13/h8-9,14H,3-7H2,1-2H3. The Hall–Kier alpha value is -0.330. The van der Waals surface area contributed by atoms with E-state index in [0.717, 1.165) is 12.8 Å². The van der Waals surface area contributed by atoms with Crippen LogP contribution in [0.2, 0.25) is 0 Å².